The first-order valence-corrected chi connectivity index (χ1v) is 6.67. The second-order valence-electron chi connectivity index (χ2n) is 5.69. The Kier molecular flexibility index (Phi) is 2.53. The average molecular weight is 193 g/mol. The zero-order chi connectivity index (χ0) is 9.38. The van der Waals surface area contributed by atoms with E-state index in [2.05, 4.69) is 4.90 Å². The molecular weight excluding hydrogens is 170 g/mol. The lowest BCUT2D eigenvalue weighted by atomic mass is 9.94. The lowest BCUT2D eigenvalue weighted by Gasteiger charge is -2.33. The van der Waals surface area contributed by atoms with Gasteiger partial charge in [0, 0.05) is 6.04 Å². The Morgan fingerprint density at radius 2 is 1.57 bits per heavy atom. The van der Waals surface area contributed by atoms with Crippen molar-refractivity contribution in [3.8, 4) is 0 Å². The highest BCUT2D eigenvalue weighted by Crippen LogP contribution is 2.46. The van der Waals surface area contributed by atoms with Crippen molar-refractivity contribution in [1.82, 2.24) is 4.90 Å². The van der Waals surface area contributed by atoms with Gasteiger partial charge in [-0.2, -0.15) is 0 Å². The summed E-state index contributed by atoms with van der Waals surface area (Å²) in [5.74, 6) is 2.21. The number of nitrogens with zero attached hydrogens (tertiary/aromatic N) is 1. The molecule has 1 heterocycles. The van der Waals surface area contributed by atoms with Crippen molar-refractivity contribution in [2.75, 3.05) is 13.1 Å². The van der Waals surface area contributed by atoms with Gasteiger partial charge in [0.15, 0.2) is 0 Å². The first kappa shape index (κ1) is 9.21. The van der Waals surface area contributed by atoms with Crippen LogP contribution >= 0.6 is 0 Å². The molecule has 0 aromatic carbocycles. The standard InChI is InChI=1S/C13H23N/c1-2-4-8-14(7-3-1)13-10-11-5-6-12(13)9-11/h11-13H,1-10H2/t11-,12+,13+/m0/s1. The van der Waals surface area contributed by atoms with Crippen molar-refractivity contribution in [3.63, 3.8) is 0 Å². The summed E-state index contributed by atoms with van der Waals surface area (Å²) >= 11 is 0. The highest BCUT2D eigenvalue weighted by molar-refractivity contribution is 4.95. The van der Waals surface area contributed by atoms with E-state index in [1.54, 1.807) is 25.7 Å². The van der Waals surface area contributed by atoms with Gasteiger partial charge in [-0.05, 0) is 57.0 Å². The van der Waals surface area contributed by atoms with Crippen LogP contribution in [0.2, 0.25) is 0 Å². The molecule has 3 atom stereocenters. The molecule has 2 saturated carbocycles. The first-order chi connectivity index (χ1) is 6.93. The van der Waals surface area contributed by atoms with Gasteiger partial charge in [-0.3, -0.25) is 0 Å². The topological polar surface area (TPSA) is 3.24 Å². The van der Waals surface area contributed by atoms with Gasteiger partial charge >= 0.3 is 0 Å². The van der Waals surface area contributed by atoms with Crippen LogP contribution in [0.3, 0.4) is 0 Å². The molecule has 0 aromatic rings. The number of fused-ring (bicyclic) bond motifs is 2. The molecule has 2 bridgehead atoms. The molecule has 0 aromatic heterocycles. The molecule has 1 saturated heterocycles. The molecule has 1 nitrogen and oxygen atoms in total. The van der Waals surface area contributed by atoms with Crippen LogP contribution in [0.5, 0.6) is 0 Å². The SMILES string of the molecule is C1CCCN([C@@H]2C[C@H]3CC[C@@H]2C3)CC1. The van der Waals surface area contributed by atoms with Gasteiger partial charge in [-0.25, -0.2) is 0 Å². The average Bonchev–Trinajstić information content (AvgIpc) is 2.72. The molecule has 14 heavy (non-hydrogen) atoms. The molecule has 0 amide bonds. The van der Waals surface area contributed by atoms with Gasteiger partial charge in [0.2, 0.25) is 0 Å². The zero-order valence-electron chi connectivity index (χ0n) is 9.25. The number of hydrogen-bond donors (Lipinski definition) is 0. The normalized spacial score (nSPS) is 44.1. The van der Waals surface area contributed by atoms with Crippen molar-refractivity contribution >= 4 is 0 Å². The Labute approximate surface area is 87.9 Å². The minimum Gasteiger partial charge on any atom is -0.300 e. The molecule has 0 unspecified atom stereocenters. The maximum atomic E-state index is 2.84. The summed E-state index contributed by atoms with van der Waals surface area (Å²) in [5.41, 5.74) is 0. The van der Waals surface area contributed by atoms with E-state index in [1.165, 1.54) is 38.8 Å². The van der Waals surface area contributed by atoms with E-state index in [4.69, 9.17) is 0 Å². The molecule has 0 N–H and O–H groups in total. The van der Waals surface area contributed by atoms with Crippen LogP contribution in [0.4, 0.5) is 0 Å². The van der Waals surface area contributed by atoms with E-state index in [-0.39, 0.29) is 0 Å². The molecule has 3 rings (SSSR count). The van der Waals surface area contributed by atoms with Crippen molar-refractivity contribution in [1.29, 1.82) is 0 Å². The fourth-order valence-electron chi connectivity index (χ4n) is 4.09. The summed E-state index contributed by atoms with van der Waals surface area (Å²) in [5, 5.41) is 0. The number of hydrogen-bond acceptors (Lipinski definition) is 1. The monoisotopic (exact) mass is 193 g/mol. The molecule has 1 aliphatic heterocycles. The van der Waals surface area contributed by atoms with Gasteiger partial charge in [0.25, 0.3) is 0 Å². The van der Waals surface area contributed by atoms with Crippen LogP contribution in [-0.4, -0.2) is 24.0 Å². The van der Waals surface area contributed by atoms with E-state index in [0.29, 0.717) is 0 Å². The van der Waals surface area contributed by atoms with Crippen molar-refractivity contribution in [3.05, 3.63) is 0 Å². The third-order valence-corrected chi connectivity index (χ3v) is 4.81. The van der Waals surface area contributed by atoms with Crippen LogP contribution in [-0.2, 0) is 0 Å². The van der Waals surface area contributed by atoms with Crippen LogP contribution in [0.25, 0.3) is 0 Å². The first-order valence-electron chi connectivity index (χ1n) is 6.67. The molecular formula is C13H23N. The maximum Gasteiger partial charge on any atom is 0.0126 e. The van der Waals surface area contributed by atoms with E-state index in [9.17, 15) is 0 Å². The minimum absolute atomic E-state index is 1.01. The van der Waals surface area contributed by atoms with Crippen molar-refractivity contribution in [2.45, 2.75) is 57.4 Å². The Morgan fingerprint density at radius 3 is 2.14 bits per heavy atom. The molecule has 80 valence electrons. The molecule has 3 fully saturated rings. The highest BCUT2D eigenvalue weighted by Gasteiger charge is 2.41. The molecule has 0 spiro atoms. The van der Waals surface area contributed by atoms with E-state index < -0.39 is 0 Å². The summed E-state index contributed by atoms with van der Waals surface area (Å²) in [6.07, 6.45) is 12.1. The van der Waals surface area contributed by atoms with Crippen LogP contribution in [0.1, 0.15) is 51.4 Å². The lowest BCUT2D eigenvalue weighted by Crippen LogP contribution is -2.39. The fraction of sp³-hybridized carbons (Fsp3) is 1.00. The summed E-state index contributed by atoms with van der Waals surface area (Å²) < 4.78 is 0. The van der Waals surface area contributed by atoms with Gasteiger partial charge in [0.1, 0.15) is 0 Å². The fourth-order valence-corrected chi connectivity index (χ4v) is 4.09. The molecule has 2 aliphatic carbocycles. The predicted molar refractivity (Wildman–Crippen MR) is 59.3 cm³/mol. The van der Waals surface area contributed by atoms with E-state index >= 15 is 0 Å². The van der Waals surface area contributed by atoms with Gasteiger partial charge < -0.3 is 4.90 Å². The van der Waals surface area contributed by atoms with Gasteiger partial charge in [-0.1, -0.05) is 19.3 Å². The minimum atomic E-state index is 1.01. The Morgan fingerprint density at radius 1 is 0.786 bits per heavy atom. The molecule has 3 aliphatic rings. The second kappa shape index (κ2) is 3.84. The highest BCUT2D eigenvalue weighted by atomic mass is 15.2. The smallest absolute Gasteiger partial charge is 0.0126 e. The summed E-state index contributed by atoms with van der Waals surface area (Å²) in [4.78, 5) is 2.84. The maximum absolute atomic E-state index is 2.84. The van der Waals surface area contributed by atoms with Gasteiger partial charge in [0.05, 0.1) is 0 Å². The van der Waals surface area contributed by atoms with Crippen LogP contribution in [0.15, 0.2) is 0 Å². The third kappa shape index (κ3) is 1.60. The molecule has 0 radical (unpaired) electrons. The largest absolute Gasteiger partial charge is 0.300 e. The predicted octanol–water partition coefficient (Wildman–Crippen LogP) is 3.05. The summed E-state index contributed by atoms with van der Waals surface area (Å²) in [6.45, 7) is 2.82. The quantitative estimate of drug-likeness (QED) is 0.618. The zero-order valence-corrected chi connectivity index (χ0v) is 9.25. The van der Waals surface area contributed by atoms with E-state index in [1.807, 2.05) is 0 Å². The number of rotatable bonds is 1. The third-order valence-electron chi connectivity index (χ3n) is 4.81. The Bertz CT molecular complexity index is 193. The van der Waals surface area contributed by atoms with E-state index in [0.717, 1.165) is 17.9 Å². The second-order valence-corrected chi connectivity index (χ2v) is 5.69. The Hall–Kier alpha value is -0.0400. The summed E-state index contributed by atoms with van der Waals surface area (Å²) in [7, 11) is 0. The summed E-state index contributed by atoms with van der Waals surface area (Å²) in [6, 6.07) is 1.01. The lowest BCUT2D eigenvalue weighted by molar-refractivity contribution is 0.147. The van der Waals surface area contributed by atoms with Crippen molar-refractivity contribution < 1.29 is 0 Å². The Balaban J connectivity index is 1.63. The number of likely N-dealkylation sites (tertiary alicyclic amines) is 1. The van der Waals surface area contributed by atoms with Gasteiger partial charge in [-0.15, -0.1) is 0 Å². The van der Waals surface area contributed by atoms with Crippen LogP contribution in [0, 0.1) is 11.8 Å². The molecule has 1 heteroatoms. The van der Waals surface area contributed by atoms with Crippen molar-refractivity contribution in [2.24, 2.45) is 11.8 Å². The van der Waals surface area contributed by atoms with Crippen LogP contribution < -0.4 is 0 Å².